The van der Waals surface area contributed by atoms with Gasteiger partial charge in [-0.1, -0.05) is 12.1 Å². The molecule has 0 aliphatic heterocycles. The second kappa shape index (κ2) is 4.11. The van der Waals surface area contributed by atoms with E-state index in [-0.39, 0.29) is 4.70 Å². The number of hydrogen-bond donors (Lipinski definition) is 1. The van der Waals surface area contributed by atoms with Crippen molar-refractivity contribution in [2.24, 2.45) is 0 Å². The molecule has 8 heteroatoms. The van der Waals surface area contributed by atoms with E-state index in [2.05, 4.69) is 0 Å². The smallest absolute Gasteiger partial charge is 0.369 e. The Morgan fingerprint density at radius 3 is 2.00 bits per heavy atom. The minimum absolute atomic E-state index is 0.240. The summed E-state index contributed by atoms with van der Waals surface area (Å²) in [7, 11) is 0. The van der Waals surface area contributed by atoms with Gasteiger partial charge in [-0.3, -0.25) is 0 Å². The second-order valence-electron chi connectivity index (χ2n) is 3.88. The van der Waals surface area contributed by atoms with Gasteiger partial charge >= 0.3 is 12.4 Å². The minimum atomic E-state index is -5.85. The highest BCUT2D eigenvalue weighted by atomic mass is 32.1. The first kappa shape index (κ1) is 14.1. The van der Waals surface area contributed by atoms with Crippen LogP contribution in [0.4, 0.5) is 26.3 Å². The summed E-state index contributed by atoms with van der Waals surface area (Å²) in [4.78, 5) is 0. The maximum Gasteiger partial charge on any atom is 0.430 e. The van der Waals surface area contributed by atoms with Gasteiger partial charge in [0.15, 0.2) is 0 Å². The van der Waals surface area contributed by atoms with Crippen LogP contribution in [0.25, 0.3) is 10.1 Å². The van der Waals surface area contributed by atoms with Gasteiger partial charge in [0, 0.05) is 10.3 Å². The maximum absolute atomic E-state index is 12.6. The molecule has 0 aliphatic carbocycles. The summed E-state index contributed by atoms with van der Waals surface area (Å²) in [5.74, 6) is 0. The molecular weight excluding hydrogens is 294 g/mol. The van der Waals surface area contributed by atoms with Gasteiger partial charge in [0.1, 0.15) is 0 Å². The molecule has 0 amide bonds. The Hall–Kier alpha value is -1.28. The number of thiophene rings is 1. The summed E-state index contributed by atoms with van der Waals surface area (Å²) in [6.07, 6.45) is -11.7. The monoisotopic (exact) mass is 300 g/mol. The Labute approximate surface area is 107 Å². The highest BCUT2D eigenvalue weighted by molar-refractivity contribution is 7.17. The van der Waals surface area contributed by atoms with Gasteiger partial charge in [-0.15, -0.1) is 11.3 Å². The van der Waals surface area contributed by atoms with Crippen molar-refractivity contribution < 1.29 is 31.4 Å². The van der Waals surface area contributed by atoms with Crippen LogP contribution in [0.5, 0.6) is 0 Å². The van der Waals surface area contributed by atoms with Crippen LogP contribution in [0.1, 0.15) is 5.56 Å². The summed E-state index contributed by atoms with van der Waals surface area (Å²) in [5, 5.41) is 11.3. The summed E-state index contributed by atoms with van der Waals surface area (Å²) in [6, 6.07) is 4.02. The van der Waals surface area contributed by atoms with Crippen molar-refractivity contribution in [2.45, 2.75) is 18.0 Å². The van der Waals surface area contributed by atoms with E-state index in [1.54, 1.807) is 6.07 Å². The quantitative estimate of drug-likeness (QED) is 0.782. The molecule has 1 nitrogen and oxygen atoms in total. The fourth-order valence-electron chi connectivity index (χ4n) is 1.67. The van der Waals surface area contributed by atoms with E-state index < -0.39 is 23.5 Å². The van der Waals surface area contributed by atoms with Crippen molar-refractivity contribution in [1.29, 1.82) is 0 Å². The molecule has 19 heavy (non-hydrogen) atoms. The molecule has 0 bridgehead atoms. The molecule has 0 fully saturated rings. The van der Waals surface area contributed by atoms with Gasteiger partial charge in [-0.2, -0.15) is 26.3 Å². The Morgan fingerprint density at radius 2 is 1.47 bits per heavy atom. The lowest BCUT2D eigenvalue weighted by atomic mass is 9.92. The van der Waals surface area contributed by atoms with Crippen molar-refractivity contribution in [1.82, 2.24) is 0 Å². The number of rotatable bonds is 1. The SMILES string of the molecule is OC(c1ccc2ccsc2c1)(C(F)(F)F)C(F)(F)F. The van der Waals surface area contributed by atoms with Crippen LogP contribution >= 0.6 is 11.3 Å². The van der Waals surface area contributed by atoms with Gasteiger partial charge in [0.25, 0.3) is 5.60 Å². The third-order valence-corrected chi connectivity index (χ3v) is 3.57. The highest BCUT2D eigenvalue weighted by Gasteiger charge is 2.71. The zero-order chi connectivity index (χ0) is 14.5. The lowest BCUT2D eigenvalue weighted by Gasteiger charge is -2.32. The van der Waals surface area contributed by atoms with Crippen LogP contribution in [0.3, 0.4) is 0 Å². The third-order valence-electron chi connectivity index (χ3n) is 2.69. The molecule has 2 rings (SSSR count). The zero-order valence-corrected chi connectivity index (χ0v) is 9.83. The Morgan fingerprint density at radius 1 is 0.895 bits per heavy atom. The first-order valence-corrected chi connectivity index (χ1v) is 5.79. The highest BCUT2D eigenvalue weighted by Crippen LogP contribution is 2.50. The summed E-state index contributed by atoms with van der Waals surface area (Å²) < 4.78 is 76.1. The van der Waals surface area contributed by atoms with Crippen molar-refractivity contribution in [3.05, 3.63) is 35.2 Å². The number of halogens is 6. The number of aliphatic hydroxyl groups is 1. The van der Waals surface area contributed by atoms with Crippen LogP contribution in [0, 0.1) is 0 Å². The molecule has 1 aromatic heterocycles. The molecule has 104 valence electrons. The normalized spacial score (nSPS) is 14.1. The average molecular weight is 300 g/mol. The van der Waals surface area contributed by atoms with Crippen molar-refractivity contribution in [2.75, 3.05) is 0 Å². The molecule has 0 radical (unpaired) electrons. The van der Waals surface area contributed by atoms with E-state index in [4.69, 9.17) is 0 Å². The Balaban J connectivity index is 2.68. The van der Waals surface area contributed by atoms with Gasteiger partial charge < -0.3 is 5.11 Å². The number of alkyl halides is 6. The lowest BCUT2D eigenvalue weighted by molar-refractivity contribution is -0.376. The molecule has 2 aromatic rings. The van der Waals surface area contributed by atoms with E-state index in [0.717, 1.165) is 17.4 Å². The van der Waals surface area contributed by atoms with Crippen LogP contribution in [-0.2, 0) is 5.60 Å². The molecule has 1 N–H and O–H groups in total. The standard InChI is InChI=1S/C11H6F6OS/c12-10(13,14)9(18,11(15,16)17)7-2-1-6-3-4-19-8(6)5-7/h1-5,18H. The molecule has 1 heterocycles. The Bertz CT molecular complexity index is 583. The molecule has 0 saturated heterocycles. The van der Waals surface area contributed by atoms with Crippen LogP contribution in [0.2, 0.25) is 0 Å². The lowest BCUT2D eigenvalue weighted by Crippen LogP contribution is -2.53. The molecular formula is C11H6F6OS. The first-order chi connectivity index (χ1) is 8.57. The van der Waals surface area contributed by atoms with Gasteiger partial charge in [-0.25, -0.2) is 0 Å². The first-order valence-electron chi connectivity index (χ1n) is 4.91. The number of benzene rings is 1. The van der Waals surface area contributed by atoms with Crippen LogP contribution in [-0.4, -0.2) is 17.5 Å². The molecule has 0 spiro atoms. The predicted octanol–water partition coefficient (Wildman–Crippen LogP) is 4.21. The Kier molecular flexibility index (Phi) is 3.06. The summed E-state index contributed by atoms with van der Waals surface area (Å²) >= 11 is 0.993. The molecule has 1 aromatic carbocycles. The van der Waals surface area contributed by atoms with Gasteiger partial charge in [0.05, 0.1) is 0 Å². The van der Waals surface area contributed by atoms with Crippen LogP contribution in [0.15, 0.2) is 29.6 Å². The predicted molar refractivity (Wildman–Crippen MR) is 57.8 cm³/mol. The molecule has 0 atom stereocenters. The van der Waals surface area contributed by atoms with Crippen molar-refractivity contribution in [3.63, 3.8) is 0 Å². The van der Waals surface area contributed by atoms with Crippen LogP contribution < -0.4 is 0 Å². The van der Waals surface area contributed by atoms with E-state index in [1.165, 1.54) is 5.38 Å². The fourth-order valence-corrected chi connectivity index (χ4v) is 2.50. The van der Waals surface area contributed by atoms with Crippen molar-refractivity contribution in [3.8, 4) is 0 Å². The topological polar surface area (TPSA) is 20.2 Å². The molecule has 0 saturated carbocycles. The van der Waals surface area contributed by atoms with E-state index in [1.807, 2.05) is 0 Å². The zero-order valence-electron chi connectivity index (χ0n) is 9.01. The average Bonchev–Trinajstić information content (AvgIpc) is 2.71. The minimum Gasteiger partial charge on any atom is -0.369 e. The summed E-state index contributed by atoms with van der Waals surface area (Å²) in [5.41, 5.74) is -6.10. The molecule has 0 aliphatic rings. The summed E-state index contributed by atoms with van der Waals surface area (Å²) in [6.45, 7) is 0. The van der Waals surface area contributed by atoms with Gasteiger partial charge in [-0.05, 0) is 22.9 Å². The van der Waals surface area contributed by atoms with E-state index in [9.17, 15) is 31.4 Å². The second-order valence-corrected chi connectivity index (χ2v) is 4.83. The number of fused-ring (bicyclic) bond motifs is 1. The number of hydrogen-bond acceptors (Lipinski definition) is 2. The maximum atomic E-state index is 12.6. The third kappa shape index (κ3) is 2.08. The largest absolute Gasteiger partial charge is 0.430 e. The fraction of sp³-hybridized carbons (Fsp3) is 0.273. The van der Waals surface area contributed by atoms with Crippen molar-refractivity contribution >= 4 is 21.4 Å². The van der Waals surface area contributed by atoms with E-state index >= 15 is 0 Å². The van der Waals surface area contributed by atoms with E-state index in [0.29, 0.717) is 17.5 Å². The molecule has 0 unspecified atom stereocenters. The van der Waals surface area contributed by atoms with Gasteiger partial charge in [0.2, 0.25) is 0 Å².